The number of carboxylic acid groups (broad SMARTS) is 1. The Morgan fingerprint density at radius 1 is 1.17 bits per heavy atom. The fourth-order valence-electron chi connectivity index (χ4n) is 1.80. The Balaban J connectivity index is 2.36. The number of amides is 1. The number of alkyl carbamates (subject to hydrolysis) is 1. The molecule has 0 aromatic heterocycles. The first-order valence-electron chi connectivity index (χ1n) is 6.93. The van der Waals surface area contributed by atoms with E-state index in [-0.39, 0.29) is 25.9 Å². The van der Waals surface area contributed by atoms with Crippen molar-refractivity contribution in [1.29, 1.82) is 0 Å². The van der Waals surface area contributed by atoms with E-state index >= 15 is 0 Å². The van der Waals surface area contributed by atoms with Crippen LogP contribution in [-0.2, 0) is 26.3 Å². The number of carboxylic acids is 1. The molecular formula is C14H19NO7S. The van der Waals surface area contributed by atoms with Gasteiger partial charge in [0.1, 0.15) is 12.6 Å². The number of benzene rings is 1. The summed E-state index contributed by atoms with van der Waals surface area (Å²) in [5, 5.41) is 11.2. The number of hydrogen-bond acceptors (Lipinski definition) is 5. The van der Waals surface area contributed by atoms with Crippen molar-refractivity contribution in [1.82, 2.24) is 5.32 Å². The molecule has 0 aliphatic rings. The number of carbonyl (C=O) groups is 2. The summed E-state index contributed by atoms with van der Waals surface area (Å²) >= 11 is 0. The zero-order chi connectivity index (χ0) is 17.3. The predicted molar refractivity (Wildman–Crippen MR) is 81.5 cm³/mol. The first-order chi connectivity index (χ1) is 10.8. The molecule has 23 heavy (non-hydrogen) atoms. The van der Waals surface area contributed by atoms with Crippen LogP contribution in [0.4, 0.5) is 4.79 Å². The summed E-state index contributed by atoms with van der Waals surface area (Å²) in [6.45, 7) is 0.0156. The van der Waals surface area contributed by atoms with Crippen molar-refractivity contribution in [2.24, 2.45) is 0 Å². The maximum atomic E-state index is 11.6. The Kier molecular flexibility index (Phi) is 7.49. The average Bonchev–Trinajstić information content (AvgIpc) is 2.48. The van der Waals surface area contributed by atoms with Crippen molar-refractivity contribution >= 4 is 22.2 Å². The molecule has 1 atom stereocenters. The maximum absolute atomic E-state index is 11.6. The van der Waals surface area contributed by atoms with Gasteiger partial charge in [-0.2, -0.15) is 8.42 Å². The monoisotopic (exact) mass is 345 g/mol. The highest BCUT2D eigenvalue weighted by Gasteiger charge is 2.20. The van der Waals surface area contributed by atoms with E-state index in [9.17, 15) is 18.0 Å². The topological polar surface area (TPSA) is 130 Å². The van der Waals surface area contributed by atoms with E-state index in [4.69, 9.17) is 14.4 Å². The Bertz CT molecular complexity index is 615. The summed E-state index contributed by atoms with van der Waals surface area (Å²) in [7, 11) is -4.06. The van der Waals surface area contributed by atoms with Crippen molar-refractivity contribution < 1.29 is 32.4 Å². The van der Waals surface area contributed by atoms with Gasteiger partial charge >= 0.3 is 12.1 Å². The van der Waals surface area contributed by atoms with Crippen LogP contribution in [0, 0.1) is 0 Å². The molecule has 0 heterocycles. The van der Waals surface area contributed by atoms with Crippen LogP contribution in [0.25, 0.3) is 0 Å². The van der Waals surface area contributed by atoms with Crippen LogP contribution >= 0.6 is 0 Å². The Morgan fingerprint density at radius 3 is 2.39 bits per heavy atom. The summed E-state index contributed by atoms with van der Waals surface area (Å²) in [5.41, 5.74) is 0.766. The minimum Gasteiger partial charge on any atom is -0.480 e. The maximum Gasteiger partial charge on any atom is 0.408 e. The van der Waals surface area contributed by atoms with E-state index in [1.807, 2.05) is 6.07 Å². The summed E-state index contributed by atoms with van der Waals surface area (Å²) in [6, 6.07) is 7.72. The number of rotatable bonds is 9. The van der Waals surface area contributed by atoms with Crippen LogP contribution in [0.2, 0.25) is 0 Å². The highest BCUT2D eigenvalue weighted by atomic mass is 32.2. The zero-order valence-corrected chi connectivity index (χ0v) is 13.2. The summed E-state index contributed by atoms with van der Waals surface area (Å²) < 4.78 is 34.6. The van der Waals surface area contributed by atoms with E-state index in [1.165, 1.54) is 0 Å². The van der Waals surface area contributed by atoms with Gasteiger partial charge in [0.15, 0.2) is 0 Å². The van der Waals surface area contributed by atoms with Gasteiger partial charge in [0.2, 0.25) is 0 Å². The van der Waals surface area contributed by atoms with Crippen LogP contribution in [0.15, 0.2) is 30.3 Å². The van der Waals surface area contributed by atoms with Gasteiger partial charge in [-0.1, -0.05) is 30.3 Å². The van der Waals surface area contributed by atoms with Gasteiger partial charge in [0.25, 0.3) is 10.1 Å². The fraction of sp³-hybridized carbons (Fsp3) is 0.429. The van der Waals surface area contributed by atoms with Gasteiger partial charge in [-0.05, 0) is 24.8 Å². The minimum atomic E-state index is -4.06. The molecule has 1 rings (SSSR count). The number of hydrogen-bond donors (Lipinski definition) is 3. The molecule has 1 amide bonds. The molecule has 0 aliphatic carbocycles. The second-order valence-electron chi connectivity index (χ2n) is 4.88. The van der Waals surface area contributed by atoms with Crippen LogP contribution in [0.3, 0.4) is 0 Å². The van der Waals surface area contributed by atoms with Gasteiger partial charge in [0.05, 0.1) is 5.75 Å². The van der Waals surface area contributed by atoms with Crippen molar-refractivity contribution in [3.8, 4) is 0 Å². The van der Waals surface area contributed by atoms with Gasteiger partial charge in [0, 0.05) is 0 Å². The van der Waals surface area contributed by atoms with Gasteiger partial charge < -0.3 is 15.2 Å². The molecule has 0 saturated heterocycles. The lowest BCUT2D eigenvalue weighted by Gasteiger charge is -2.14. The molecule has 1 unspecified atom stereocenters. The van der Waals surface area contributed by atoms with E-state index in [1.54, 1.807) is 24.3 Å². The molecule has 0 radical (unpaired) electrons. The largest absolute Gasteiger partial charge is 0.480 e. The highest BCUT2D eigenvalue weighted by Crippen LogP contribution is 2.05. The lowest BCUT2D eigenvalue weighted by molar-refractivity contribution is -0.139. The van der Waals surface area contributed by atoms with Crippen molar-refractivity contribution in [2.75, 3.05) is 5.75 Å². The number of carbonyl (C=O) groups excluding carboxylic acids is 1. The Labute approximate surface area is 134 Å². The average molecular weight is 345 g/mol. The predicted octanol–water partition coefficient (Wildman–Crippen LogP) is 1.42. The van der Waals surface area contributed by atoms with Gasteiger partial charge in [-0.25, -0.2) is 9.59 Å². The smallest absolute Gasteiger partial charge is 0.408 e. The zero-order valence-electron chi connectivity index (χ0n) is 12.3. The van der Waals surface area contributed by atoms with Crippen molar-refractivity contribution in [2.45, 2.75) is 31.9 Å². The molecule has 128 valence electrons. The molecule has 0 bridgehead atoms. The van der Waals surface area contributed by atoms with Crippen LogP contribution in [-0.4, -0.2) is 41.9 Å². The molecule has 8 nitrogen and oxygen atoms in total. The van der Waals surface area contributed by atoms with Crippen LogP contribution < -0.4 is 5.32 Å². The SMILES string of the molecule is O=C(NC(CCCCS(=O)(=O)O)C(=O)O)OCc1ccccc1. The molecular weight excluding hydrogens is 326 g/mol. The van der Waals surface area contributed by atoms with Crippen molar-refractivity contribution in [3.05, 3.63) is 35.9 Å². The summed E-state index contributed by atoms with van der Waals surface area (Å²) in [4.78, 5) is 22.7. The third-order valence-electron chi connectivity index (χ3n) is 2.95. The van der Waals surface area contributed by atoms with Gasteiger partial charge in [-0.3, -0.25) is 4.55 Å². The van der Waals surface area contributed by atoms with Crippen LogP contribution in [0.5, 0.6) is 0 Å². The number of nitrogens with one attached hydrogen (secondary N) is 1. The molecule has 0 saturated carbocycles. The van der Waals surface area contributed by atoms with Gasteiger partial charge in [-0.15, -0.1) is 0 Å². The van der Waals surface area contributed by atoms with E-state index in [2.05, 4.69) is 5.32 Å². The van der Waals surface area contributed by atoms with E-state index in [0.29, 0.717) is 0 Å². The normalized spacial score (nSPS) is 12.4. The molecule has 0 spiro atoms. The molecule has 9 heteroatoms. The number of aliphatic carboxylic acids is 1. The number of unbranched alkanes of at least 4 members (excludes halogenated alkanes) is 1. The molecule has 3 N–H and O–H groups in total. The first-order valence-corrected chi connectivity index (χ1v) is 8.54. The third kappa shape index (κ3) is 8.79. The molecule has 0 fully saturated rings. The first kappa shape index (κ1) is 18.9. The quantitative estimate of drug-likeness (QED) is 0.456. The van der Waals surface area contributed by atoms with E-state index in [0.717, 1.165) is 5.56 Å². The Morgan fingerprint density at radius 2 is 1.83 bits per heavy atom. The molecule has 0 aliphatic heterocycles. The standard InChI is InChI=1S/C14H19NO7S/c16-13(17)12(8-4-5-9-23(19,20)21)15-14(18)22-10-11-6-2-1-3-7-11/h1-3,6-7,12H,4-5,8-10H2,(H,15,18)(H,16,17)(H,19,20,21). The molecule has 1 aromatic rings. The third-order valence-corrected chi connectivity index (χ3v) is 3.75. The summed E-state index contributed by atoms with van der Waals surface area (Å²) in [5.74, 6) is -1.69. The summed E-state index contributed by atoms with van der Waals surface area (Å²) in [6.07, 6.45) is -0.513. The van der Waals surface area contributed by atoms with Crippen LogP contribution in [0.1, 0.15) is 24.8 Å². The second-order valence-corrected chi connectivity index (χ2v) is 6.45. The Hall–Kier alpha value is -2.13. The fourth-order valence-corrected chi connectivity index (χ4v) is 2.37. The van der Waals surface area contributed by atoms with E-state index < -0.39 is 34.0 Å². The minimum absolute atomic E-state index is 0.0156. The lowest BCUT2D eigenvalue weighted by atomic mass is 10.1. The lowest BCUT2D eigenvalue weighted by Crippen LogP contribution is -2.41. The second kappa shape index (κ2) is 9.11. The molecule has 1 aromatic carbocycles. The number of ether oxygens (including phenoxy) is 1. The highest BCUT2D eigenvalue weighted by molar-refractivity contribution is 7.85. The van der Waals surface area contributed by atoms with Crippen molar-refractivity contribution in [3.63, 3.8) is 0 Å².